The van der Waals surface area contributed by atoms with Gasteiger partial charge in [0.05, 0.1) is 11.8 Å². The number of nitrogens with one attached hydrogen (secondary N) is 3. The number of nitrogens with zero attached hydrogens (tertiary/aromatic N) is 5. The molecule has 0 unspecified atom stereocenters. The number of aromatic nitrogens is 5. The van der Waals surface area contributed by atoms with Gasteiger partial charge >= 0.3 is 12.7 Å². The largest absolute Gasteiger partial charge is 0.443 e. The molecule has 4 heterocycles. The van der Waals surface area contributed by atoms with E-state index in [0.717, 1.165) is 30.9 Å². The lowest BCUT2D eigenvalue weighted by atomic mass is 9.50. The van der Waals surface area contributed by atoms with Crippen molar-refractivity contribution in [1.29, 1.82) is 0 Å². The number of hydrogen-bond acceptors (Lipinski definition) is 8. The molecule has 5 fully saturated rings. The van der Waals surface area contributed by atoms with Crippen molar-refractivity contribution < 1.29 is 27.4 Å². The van der Waals surface area contributed by atoms with Gasteiger partial charge in [0, 0.05) is 55.2 Å². The molecule has 14 heteroatoms. The number of anilines is 2. The Hall–Kier alpha value is -3.39. The van der Waals surface area contributed by atoms with Crippen molar-refractivity contribution in [2.45, 2.75) is 75.1 Å². The van der Waals surface area contributed by atoms with Gasteiger partial charge in [-0.25, -0.2) is 19.2 Å². The predicted octanol–water partition coefficient (Wildman–Crippen LogP) is 3.48. The molecule has 0 radical (unpaired) electrons. The first-order chi connectivity index (χ1) is 18.8. The molecule has 3 N–H and O–H groups in total. The number of likely N-dealkylation sites (tertiary alicyclic amines) is 1. The van der Waals surface area contributed by atoms with Crippen LogP contribution in [0.2, 0.25) is 0 Å². The Morgan fingerprint density at radius 1 is 1.26 bits per heavy atom. The minimum absolute atomic E-state index is 0.105. The number of fused-ring (bicyclic) bond motifs is 1. The van der Waals surface area contributed by atoms with E-state index in [-0.39, 0.29) is 5.54 Å². The van der Waals surface area contributed by atoms with E-state index < -0.39 is 37.0 Å². The molecular weight excluding hydrogens is 517 g/mol. The number of carbonyl (C=O) groups is 1. The molecule has 11 nitrogen and oxygen atoms in total. The van der Waals surface area contributed by atoms with Crippen molar-refractivity contribution in [2.75, 3.05) is 18.4 Å². The first-order valence-electron chi connectivity index (χ1n) is 13.3. The van der Waals surface area contributed by atoms with Crippen LogP contribution in [0.25, 0.3) is 5.65 Å². The van der Waals surface area contributed by atoms with Crippen LogP contribution in [0.3, 0.4) is 0 Å². The van der Waals surface area contributed by atoms with E-state index in [9.17, 15) is 13.6 Å². The molecule has 0 aromatic carbocycles. The summed E-state index contributed by atoms with van der Waals surface area (Å²) in [6.07, 6.45) is 4.32. The third-order valence-electron chi connectivity index (χ3n) is 8.44. The van der Waals surface area contributed by atoms with Crippen LogP contribution in [0.4, 0.5) is 29.7 Å². The van der Waals surface area contributed by atoms with Crippen LogP contribution in [0.5, 0.6) is 0 Å². The third-order valence-corrected chi connectivity index (χ3v) is 8.44. The summed E-state index contributed by atoms with van der Waals surface area (Å²) in [7, 11) is 0. The van der Waals surface area contributed by atoms with Crippen LogP contribution in [0.1, 0.15) is 49.4 Å². The van der Waals surface area contributed by atoms with Gasteiger partial charge in [-0.15, -0.1) is 0 Å². The third kappa shape index (κ3) is 4.69. The second-order valence-electron chi connectivity index (χ2n) is 11.2. The Kier molecular flexibility index (Phi) is 5.92. The van der Waals surface area contributed by atoms with Gasteiger partial charge in [-0.05, 0) is 44.1 Å². The average Bonchev–Trinajstić information content (AvgIpc) is 3.53. The van der Waals surface area contributed by atoms with Gasteiger partial charge < -0.3 is 20.1 Å². The van der Waals surface area contributed by atoms with Gasteiger partial charge in [-0.3, -0.25) is 14.4 Å². The number of imidazole rings is 1. The van der Waals surface area contributed by atoms with E-state index in [1.165, 1.54) is 0 Å². The van der Waals surface area contributed by atoms with Crippen LogP contribution in [-0.4, -0.2) is 79.2 Å². The van der Waals surface area contributed by atoms with Crippen molar-refractivity contribution in [1.82, 2.24) is 34.8 Å². The Morgan fingerprint density at radius 3 is 2.82 bits per heavy atom. The van der Waals surface area contributed by atoms with Crippen molar-refractivity contribution in [3.05, 3.63) is 35.9 Å². The molecule has 1 aliphatic heterocycles. The Morgan fingerprint density at radius 2 is 2.08 bits per heavy atom. The predicted molar refractivity (Wildman–Crippen MR) is 131 cm³/mol. The molecule has 39 heavy (non-hydrogen) atoms. The van der Waals surface area contributed by atoms with Gasteiger partial charge in [0.25, 0.3) is 0 Å². The molecule has 5 aliphatic rings. The molecule has 208 valence electrons. The van der Waals surface area contributed by atoms with E-state index in [4.69, 9.17) is 4.74 Å². The quantitative estimate of drug-likeness (QED) is 0.373. The van der Waals surface area contributed by atoms with Gasteiger partial charge in [-0.1, -0.05) is 0 Å². The topological polar surface area (TPSA) is 122 Å². The van der Waals surface area contributed by atoms with Gasteiger partial charge in [-0.2, -0.15) is 13.9 Å². The Balaban J connectivity index is 0.965. The second-order valence-corrected chi connectivity index (χ2v) is 11.2. The Labute approximate surface area is 221 Å². The van der Waals surface area contributed by atoms with Crippen LogP contribution >= 0.6 is 0 Å². The van der Waals surface area contributed by atoms with E-state index in [0.29, 0.717) is 55.6 Å². The summed E-state index contributed by atoms with van der Waals surface area (Å²) < 4.78 is 51.7. The highest BCUT2D eigenvalue weighted by Crippen LogP contribution is 2.57. The average molecular weight is 547 g/mol. The molecule has 1 amide bonds. The van der Waals surface area contributed by atoms with E-state index in [1.807, 2.05) is 11.1 Å². The fourth-order valence-corrected chi connectivity index (χ4v) is 6.34. The lowest BCUT2D eigenvalue weighted by molar-refractivity contribution is -0.197. The summed E-state index contributed by atoms with van der Waals surface area (Å²) in [4.78, 5) is 23.2. The number of hydrogen-bond donors (Lipinski definition) is 3. The zero-order valence-corrected chi connectivity index (χ0v) is 21.0. The normalized spacial score (nSPS) is 30.2. The SMILES string of the molecule is O=C(NC12CC(C1)C2)O[C@H]1CC[C@@H](c2cc(Nc3nccc4nc(CN5CC(OC(F)F)C5)cn34)n[nH]2)[C@@H]1F. The van der Waals surface area contributed by atoms with Crippen molar-refractivity contribution in [2.24, 2.45) is 5.92 Å². The summed E-state index contributed by atoms with van der Waals surface area (Å²) in [6.45, 7) is -1.42. The zero-order valence-electron chi connectivity index (χ0n) is 21.0. The highest BCUT2D eigenvalue weighted by atomic mass is 19.3. The van der Waals surface area contributed by atoms with Gasteiger partial charge in [0.1, 0.15) is 17.9 Å². The molecule has 8 rings (SSSR count). The zero-order chi connectivity index (χ0) is 26.7. The van der Waals surface area contributed by atoms with E-state index >= 15 is 4.39 Å². The van der Waals surface area contributed by atoms with Gasteiger partial charge in [0.15, 0.2) is 5.82 Å². The van der Waals surface area contributed by atoms with Crippen molar-refractivity contribution in [3.63, 3.8) is 0 Å². The number of alkyl carbamates (subject to hydrolysis) is 1. The summed E-state index contributed by atoms with van der Waals surface area (Å²) in [6, 6.07) is 3.50. The lowest BCUT2D eigenvalue weighted by Gasteiger charge is -2.61. The van der Waals surface area contributed by atoms with Crippen molar-refractivity contribution in [3.8, 4) is 0 Å². The smallest absolute Gasteiger partial charge is 0.407 e. The monoisotopic (exact) mass is 546 g/mol. The number of rotatable bonds is 9. The maximum absolute atomic E-state index is 15.3. The fraction of sp³-hybridized carbons (Fsp3) is 0.600. The second kappa shape index (κ2) is 9.37. The van der Waals surface area contributed by atoms with Gasteiger partial charge in [0.2, 0.25) is 5.95 Å². The fourth-order valence-electron chi connectivity index (χ4n) is 6.34. The molecule has 4 saturated carbocycles. The molecule has 3 aromatic rings. The number of H-pyrrole nitrogens is 1. The molecule has 3 atom stereocenters. The summed E-state index contributed by atoms with van der Waals surface area (Å²) in [5.74, 6) is 1.21. The Bertz CT molecular complexity index is 1360. The van der Waals surface area contributed by atoms with Crippen molar-refractivity contribution >= 4 is 23.5 Å². The summed E-state index contributed by atoms with van der Waals surface area (Å²) in [5, 5.41) is 13.3. The molecular formula is C25H29F3N8O3. The maximum atomic E-state index is 15.3. The maximum Gasteiger partial charge on any atom is 0.407 e. The van der Waals surface area contributed by atoms with E-state index in [1.54, 1.807) is 22.7 Å². The van der Waals surface area contributed by atoms with Crippen LogP contribution in [-0.2, 0) is 16.0 Å². The number of carbonyl (C=O) groups excluding carboxylic acids is 1. The lowest BCUT2D eigenvalue weighted by Crippen LogP contribution is -2.68. The molecule has 1 saturated heterocycles. The molecule has 0 spiro atoms. The first kappa shape index (κ1) is 24.6. The van der Waals surface area contributed by atoms with Crippen LogP contribution < -0.4 is 10.6 Å². The first-order valence-corrected chi connectivity index (χ1v) is 13.3. The molecule has 4 aliphatic carbocycles. The summed E-state index contributed by atoms with van der Waals surface area (Å²) in [5.41, 5.74) is 1.94. The number of ether oxygens (including phenoxy) is 2. The highest BCUT2D eigenvalue weighted by Gasteiger charge is 2.58. The molecule has 2 bridgehead atoms. The molecule has 3 aromatic heterocycles. The standard InChI is InChI=1S/C25H29F3N8O3/c26-21-16(1-2-18(21)39-24(37)32-25-6-13(7-25)8-25)17-5-19(34-33-17)31-23-29-4-3-20-30-14(10-36(20)23)9-35-11-15(12-35)38-22(27)28/h3-5,10,13,15-16,18,21-22H,1-2,6-9,11-12H2,(H,32,37)(H2,29,31,33,34)/t13?,16-,18-,21-,25?/m0/s1. The van der Waals surface area contributed by atoms with Crippen LogP contribution in [0, 0.1) is 5.92 Å². The number of alkyl halides is 3. The van der Waals surface area contributed by atoms with E-state index in [2.05, 4.69) is 35.5 Å². The highest BCUT2D eigenvalue weighted by molar-refractivity contribution is 5.69. The number of aromatic amines is 1. The summed E-state index contributed by atoms with van der Waals surface area (Å²) >= 11 is 0. The number of halogens is 3. The minimum Gasteiger partial charge on any atom is -0.443 e. The number of amides is 1. The van der Waals surface area contributed by atoms with Crippen LogP contribution in [0.15, 0.2) is 24.5 Å². The minimum atomic E-state index is -2.76.